The van der Waals surface area contributed by atoms with E-state index in [2.05, 4.69) is 20.6 Å². The summed E-state index contributed by atoms with van der Waals surface area (Å²) < 4.78 is 47.8. The molecular formula is C28H32F3N7O3. The van der Waals surface area contributed by atoms with Gasteiger partial charge in [-0.05, 0) is 61.4 Å². The quantitative estimate of drug-likeness (QED) is 0.469. The highest BCUT2D eigenvalue weighted by Crippen LogP contribution is 2.35. The predicted molar refractivity (Wildman–Crippen MR) is 147 cm³/mol. The minimum absolute atomic E-state index is 0.196. The van der Waals surface area contributed by atoms with Crippen LogP contribution in [0.1, 0.15) is 42.4 Å². The summed E-state index contributed by atoms with van der Waals surface area (Å²) >= 11 is 0. The Hall–Kier alpha value is -3.71. The number of hydrogen-bond donors (Lipinski definition) is 2. The summed E-state index contributed by atoms with van der Waals surface area (Å²) in [6, 6.07) is 3.67. The second kappa shape index (κ2) is 10.6. The Morgan fingerprint density at radius 2 is 2.12 bits per heavy atom. The summed E-state index contributed by atoms with van der Waals surface area (Å²) in [5, 5.41) is 10.8. The zero-order valence-electron chi connectivity index (χ0n) is 22.9. The van der Waals surface area contributed by atoms with Gasteiger partial charge in [0.25, 0.3) is 5.56 Å². The molecule has 1 amide bonds. The first kappa shape index (κ1) is 27.5. The van der Waals surface area contributed by atoms with Crippen LogP contribution in [0, 0.1) is 12.8 Å². The van der Waals surface area contributed by atoms with Gasteiger partial charge in [0, 0.05) is 31.4 Å². The molecule has 1 saturated heterocycles. The van der Waals surface area contributed by atoms with E-state index in [4.69, 9.17) is 9.72 Å². The molecule has 2 fully saturated rings. The van der Waals surface area contributed by atoms with E-state index in [1.54, 1.807) is 4.57 Å². The molecule has 4 heterocycles. The maximum atomic E-state index is 14.0. The van der Waals surface area contributed by atoms with Crippen LogP contribution in [-0.2, 0) is 28.7 Å². The molecule has 3 aromatic rings. The highest BCUT2D eigenvalue weighted by Gasteiger charge is 2.41. The Labute approximate surface area is 234 Å². The van der Waals surface area contributed by atoms with Crippen molar-refractivity contribution in [3.63, 3.8) is 0 Å². The number of ether oxygens (including phenoxy) is 1. The summed E-state index contributed by atoms with van der Waals surface area (Å²) in [7, 11) is 0. The number of hydrogen-bond acceptors (Lipinski definition) is 7. The zero-order valence-corrected chi connectivity index (χ0v) is 22.9. The second-order valence-corrected chi connectivity index (χ2v) is 10.8. The number of benzene rings is 1. The minimum Gasteiger partial charge on any atom is -0.377 e. The first-order valence-electron chi connectivity index (χ1n) is 13.9. The van der Waals surface area contributed by atoms with Gasteiger partial charge in [-0.2, -0.15) is 22.7 Å². The van der Waals surface area contributed by atoms with Gasteiger partial charge >= 0.3 is 6.18 Å². The van der Waals surface area contributed by atoms with E-state index in [9.17, 15) is 22.8 Å². The molecule has 2 aromatic heterocycles. The number of halogens is 3. The fourth-order valence-corrected chi connectivity index (χ4v) is 5.77. The highest BCUT2D eigenvalue weighted by molar-refractivity contribution is 5.91. The lowest BCUT2D eigenvalue weighted by Crippen LogP contribution is -2.38. The molecule has 3 aliphatic rings. The van der Waals surface area contributed by atoms with E-state index in [1.165, 1.54) is 17.5 Å². The number of anilines is 2. The van der Waals surface area contributed by atoms with Crippen molar-refractivity contribution in [1.29, 1.82) is 0 Å². The Kier molecular flexibility index (Phi) is 7.10. The molecule has 1 aliphatic carbocycles. The lowest BCUT2D eigenvalue weighted by Gasteiger charge is -2.27. The van der Waals surface area contributed by atoms with Gasteiger partial charge in [0.1, 0.15) is 12.2 Å². The van der Waals surface area contributed by atoms with Gasteiger partial charge in [-0.3, -0.25) is 9.59 Å². The highest BCUT2D eigenvalue weighted by atomic mass is 19.4. The summed E-state index contributed by atoms with van der Waals surface area (Å²) in [5.41, 5.74) is 1.56. The Morgan fingerprint density at radius 3 is 2.83 bits per heavy atom. The number of amides is 1. The van der Waals surface area contributed by atoms with Gasteiger partial charge in [0.15, 0.2) is 5.82 Å². The molecule has 2 unspecified atom stereocenters. The number of nitrogens with zero attached hydrogens (tertiary/aromatic N) is 5. The number of aromatic nitrogens is 4. The molecule has 0 bridgehead atoms. The molecule has 0 spiro atoms. The van der Waals surface area contributed by atoms with Crippen molar-refractivity contribution in [1.82, 2.24) is 24.5 Å². The first-order chi connectivity index (χ1) is 19.6. The van der Waals surface area contributed by atoms with Crippen molar-refractivity contribution in [2.75, 3.05) is 43.1 Å². The molecular weight excluding hydrogens is 539 g/mol. The Balaban J connectivity index is 1.41. The lowest BCUT2D eigenvalue weighted by atomic mass is 10.1. The van der Waals surface area contributed by atoms with Crippen LogP contribution < -0.4 is 21.1 Å². The smallest absolute Gasteiger partial charge is 0.377 e. The largest absolute Gasteiger partial charge is 0.416 e. The van der Waals surface area contributed by atoms with Crippen molar-refractivity contribution >= 4 is 28.6 Å². The number of fused-ring (bicyclic) bond motifs is 2. The normalized spacial score (nSPS) is 20.9. The standard InChI is InChI=1S/C28H32F3N7O3/c1-3-22-24(36-9-8-32-21-13-18(21)14-36)26(40)38-27(34-25(35-38)17-6-10-41-11-7-17)37(22)15-23(39)33-20-5-4-19(12-16(20)2)28(29,30)31/h4-6,12,18,21,32H,3,7-11,13-15H2,1-2H3,(H,33,39). The molecule has 2 N–H and O–H groups in total. The topological polar surface area (TPSA) is 106 Å². The number of rotatable bonds is 6. The van der Waals surface area contributed by atoms with Crippen molar-refractivity contribution < 1.29 is 22.7 Å². The van der Waals surface area contributed by atoms with Crippen LogP contribution in [0.2, 0.25) is 0 Å². The van der Waals surface area contributed by atoms with E-state index < -0.39 is 17.6 Å². The molecule has 6 rings (SSSR count). The molecule has 2 atom stereocenters. The predicted octanol–water partition coefficient (Wildman–Crippen LogP) is 3.02. The number of aryl methyl sites for hydroxylation is 1. The summed E-state index contributed by atoms with van der Waals surface area (Å²) in [5.74, 6) is 0.663. The number of nitrogens with one attached hydrogen (secondary N) is 2. The minimum atomic E-state index is -4.48. The van der Waals surface area contributed by atoms with Gasteiger partial charge in [-0.15, -0.1) is 5.10 Å². The third kappa shape index (κ3) is 5.35. The maximum absolute atomic E-state index is 14.0. The number of carbonyl (C=O) groups excluding carboxylic acids is 1. The number of alkyl halides is 3. The maximum Gasteiger partial charge on any atom is 0.416 e. The zero-order chi connectivity index (χ0) is 28.9. The van der Waals surface area contributed by atoms with Gasteiger partial charge in [0.05, 0.1) is 24.5 Å². The number of carbonyl (C=O) groups is 1. The first-order valence-corrected chi connectivity index (χ1v) is 13.9. The summed E-state index contributed by atoms with van der Waals surface area (Å²) in [6.07, 6.45) is -0.455. The van der Waals surface area contributed by atoms with Gasteiger partial charge in [-0.25, -0.2) is 0 Å². The molecule has 10 nitrogen and oxygen atoms in total. The van der Waals surface area contributed by atoms with Crippen LogP contribution in [0.3, 0.4) is 0 Å². The van der Waals surface area contributed by atoms with E-state index >= 15 is 0 Å². The van der Waals surface area contributed by atoms with Crippen molar-refractivity contribution in [3.8, 4) is 0 Å². The third-order valence-corrected chi connectivity index (χ3v) is 8.02. The molecule has 13 heteroatoms. The average Bonchev–Trinajstić information content (AvgIpc) is 3.57. The monoisotopic (exact) mass is 571 g/mol. The van der Waals surface area contributed by atoms with Crippen LogP contribution in [0.25, 0.3) is 11.4 Å². The Bertz CT molecular complexity index is 1590. The van der Waals surface area contributed by atoms with E-state index in [0.717, 1.165) is 37.2 Å². The summed E-state index contributed by atoms with van der Waals surface area (Å²) in [4.78, 5) is 34.1. The average molecular weight is 572 g/mol. The van der Waals surface area contributed by atoms with Crippen LogP contribution in [-0.4, -0.2) is 64.0 Å². The van der Waals surface area contributed by atoms with Crippen LogP contribution >= 0.6 is 0 Å². The molecule has 1 aromatic carbocycles. The van der Waals surface area contributed by atoms with Crippen molar-refractivity contribution in [3.05, 3.63) is 57.3 Å². The third-order valence-electron chi connectivity index (χ3n) is 8.02. The van der Waals surface area contributed by atoms with Crippen LogP contribution in [0.4, 0.5) is 24.5 Å². The van der Waals surface area contributed by atoms with Crippen LogP contribution in [0.15, 0.2) is 29.1 Å². The fraction of sp³-hybridized carbons (Fsp3) is 0.500. The second-order valence-electron chi connectivity index (χ2n) is 10.8. The van der Waals surface area contributed by atoms with E-state index in [-0.39, 0.29) is 23.6 Å². The molecule has 218 valence electrons. The molecule has 0 radical (unpaired) electrons. The molecule has 2 aliphatic heterocycles. The van der Waals surface area contributed by atoms with Crippen molar-refractivity contribution in [2.24, 2.45) is 5.92 Å². The van der Waals surface area contributed by atoms with E-state index in [0.29, 0.717) is 67.3 Å². The van der Waals surface area contributed by atoms with Gasteiger partial charge < -0.3 is 24.8 Å². The lowest BCUT2D eigenvalue weighted by molar-refractivity contribution is -0.137. The molecule has 41 heavy (non-hydrogen) atoms. The van der Waals surface area contributed by atoms with Gasteiger partial charge in [-0.1, -0.05) is 13.0 Å². The van der Waals surface area contributed by atoms with Crippen LogP contribution in [0.5, 0.6) is 0 Å². The Morgan fingerprint density at radius 1 is 1.29 bits per heavy atom. The van der Waals surface area contributed by atoms with E-state index in [1.807, 2.05) is 13.0 Å². The molecule has 1 saturated carbocycles. The van der Waals surface area contributed by atoms with Crippen molar-refractivity contribution in [2.45, 2.75) is 51.9 Å². The SMILES string of the molecule is CCc1c(N2CCNC3CC3C2)c(=O)n2nc(C3=CCOCC3)nc2n1CC(=O)Nc1ccc(C(F)(F)F)cc1C. The fourth-order valence-electron chi connectivity index (χ4n) is 5.77. The van der Waals surface area contributed by atoms with Gasteiger partial charge in [0.2, 0.25) is 11.7 Å². The summed E-state index contributed by atoms with van der Waals surface area (Å²) in [6.45, 7) is 6.31.